The molecule has 2 N–H and O–H groups in total. The summed E-state index contributed by atoms with van der Waals surface area (Å²) in [6.07, 6.45) is 8.31. The van der Waals surface area contributed by atoms with Crippen molar-refractivity contribution in [3.8, 4) is 0 Å². The van der Waals surface area contributed by atoms with E-state index in [1.54, 1.807) is 0 Å². The van der Waals surface area contributed by atoms with Crippen LogP contribution >= 0.6 is 0 Å². The zero-order valence-corrected chi connectivity index (χ0v) is 11.6. The van der Waals surface area contributed by atoms with E-state index in [2.05, 4.69) is 29.6 Å². The summed E-state index contributed by atoms with van der Waals surface area (Å²) < 4.78 is 0. The Morgan fingerprint density at radius 3 is 2.59 bits per heavy atom. The van der Waals surface area contributed by atoms with Crippen LogP contribution in [0.25, 0.3) is 0 Å². The number of hydrogen-bond donors (Lipinski definition) is 2. The molecular weight excluding hydrogens is 210 g/mol. The van der Waals surface area contributed by atoms with E-state index in [9.17, 15) is 0 Å². The average molecular weight is 239 g/mol. The maximum absolute atomic E-state index is 3.74. The molecule has 2 aliphatic rings. The zero-order valence-electron chi connectivity index (χ0n) is 11.6. The SMILES string of the molecule is CN(C)C1(CNCC2CCCNC2)CCCC1. The molecule has 2 rings (SSSR count). The van der Waals surface area contributed by atoms with Crippen LogP contribution in [0.15, 0.2) is 0 Å². The molecule has 100 valence electrons. The largest absolute Gasteiger partial charge is 0.316 e. The summed E-state index contributed by atoms with van der Waals surface area (Å²) >= 11 is 0. The minimum Gasteiger partial charge on any atom is -0.316 e. The molecule has 1 heterocycles. The summed E-state index contributed by atoms with van der Waals surface area (Å²) in [5.74, 6) is 0.851. The third-order valence-corrected chi connectivity index (χ3v) is 4.77. The molecular formula is C14H29N3. The van der Waals surface area contributed by atoms with Gasteiger partial charge in [-0.05, 0) is 65.3 Å². The maximum atomic E-state index is 3.74. The zero-order chi connectivity index (χ0) is 12.1. The van der Waals surface area contributed by atoms with E-state index in [1.807, 2.05) is 0 Å². The first kappa shape index (κ1) is 13.3. The summed E-state index contributed by atoms with van der Waals surface area (Å²) in [5, 5.41) is 7.23. The second-order valence-corrected chi connectivity index (χ2v) is 6.17. The summed E-state index contributed by atoms with van der Waals surface area (Å²) in [6, 6.07) is 0. The van der Waals surface area contributed by atoms with Gasteiger partial charge in [-0.1, -0.05) is 12.8 Å². The lowest BCUT2D eigenvalue weighted by Crippen LogP contribution is -2.50. The average Bonchev–Trinajstić information content (AvgIpc) is 2.80. The topological polar surface area (TPSA) is 27.3 Å². The van der Waals surface area contributed by atoms with Crippen LogP contribution in [-0.4, -0.2) is 50.7 Å². The van der Waals surface area contributed by atoms with Gasteiger partial charge in [0.25, 0.3) is 0 Å². The molecule has 17 heavy (non-hydrogen) atoms. The normalized spacial score (nSPS) is 28.8. The van der Waals surface area contributed by atoms with Gasteiger partial charge >= 0.3 is 0 Å². The standard InChI is InChI=1S/C14H29N3/c1-17(2)14(7-3-4-8-14)12-16-11-13-6-5-9-15-10-13/h13,15-16H,3-12H2,1-2H3. The molecule has 1 saturated heterocycles. The fraction of sp³-hybridized carbons (Fsp3) is 1.00. The van der Waals surface area contributed by atoms with Crippen LogP contribution in [0.1, 0.15) is 38.5 Å². The highest BCUT2D eigenvalue weighted by Gasteiger charge is 2.35. The molecule has 0 radical (unpaired) electrons. The lowest BCUT2D eigenvalue weighted by molar-refractivity contribution is 0.151. The van der Waals surface area contributed by atoms with E-state index in [-0.39, 0.29) is 0 Å². The molecule has 0 spiro atoms. The smallest absolute Gasteiger partial charge is 0.0327 e. The van der Waals surface area contributed by atoms with Crippen molar-refractivity contribution in [2.75, 3.05) is 40.3 Å². The van der Waals surface area contributed by atoms with Crippen molar-refractivity contribution >= 4 is 0 Å². The minimum atomic E-state index is 0.447. The number of likely N-dealkylation sites (N-methyl/N-ethyl adjacent to an activating group) is 1. The lowest BCUT2D eigenvalue weighted by Gasteiger charge is -2.37. The summed E-state index contributed by atoms with van der Waals surface area (Å²) in [6.45, 7) is 4.80. The quantitative estimate of drug-likeness (QED) is 0.760. The molecule has 1 saturated carbocycles. The molecule has 3 nitrogen and oxygen atoms in total. The fourth-order valence-corrected chi connectivity index (χ4v) is 3.42. The van der Waals surface area contributed by atoms with E-state index in [0.717, 1.165) is 5.92 Å². The van der Waals surface area contributed by atoms with E-state index in [0.29, 0.717) is 5.54 Å². The van der Waals surface area contributed by atoms with Gasteiger partial charge in [-0.2, -0.15) is 0 Å². The van der Waals surface area contributed by atoms with Crippen LogP contribution in [0, 0.1) is 5.92 Å². The number of rotatable bonds is 5. The lowest BCUT2D eigenvalue weighted by atomic mass is 9.95. The highest BCUT2D eigenvalue weighted by atomic mass is 15.2. The van der Waals surface area contributed by atoms with Gasteiger partial charge in [-0.25, -0.2) is 0 Å². The van der Waals surface area contributed by atoms with Crippen molar-refractivity contribution in [3.63, 3.8) is 0 Å². The van der Waals surface area contributed by atoms with Crippen molar-refractivity contribution in [1.82, 2.24) is 15.5 Å². The van der Waals surface area contributed by atoms with Gasteiger partial charge in [-0.3, -0.25) is 0 Å². The van der Waals surface area contributed by atoms with Gasteiger partial charge in [-0.15, -0.1) is 0 Å². The fourth-order valence-electron chi connectivity index (χ4n) is 3.42. The number of nitrogens with zero attached hydrogens (tertiary/aromatic N) is 1. The summed E-state index contributed by atoms with van der Waals surface area (Å²) in [7, 11) is 4.49. The molecule has 0 aromatic heterocycles. The second-order valence-electron chi connectivity index (χ2n) is 6.17. The number of piperidine rings is 1. The maximum Gasteiger partial charge on any atom is 0.0327 e. The Morgan fingerprint density at radius 2 is 2.00 bits per heavy atom. The predicted molar refractivity (Wildman–Crippen MR) is 73.3 cm³/mol. The van der Waals surface area contributed by atoms with Crippen molar-refractivity contribution in [1.29, 1.82) is 0 Å². The third kappa shape index (κ3) is 3.43. The van der Waals surface area contributed by atoms with Crippen LogP contribution in [0.4, 0.5) is 0 Å². The minimum absolute atomic E-state index is 0.447. The van der Waals surface area contributed by atoms with Crippen molar-refractivity contribution in [2.24, 2.45) is 5.92 Å². The Bertz CT molecular complexity index is 216. The molecule has 3 heteroatoms. The van der Waals surface area contributed by atoms with Crippen LogP contribution in [0.2, 0.25) is 0 Å². The Morgan fingerprint density at radius 1 is 1.24 bits per heavy atom. The highest BCUT2D eigenvalue weighted by Crippen LogP contribution is 2.33. The van der Waals surface area contributed by atoms with Gasteiger partial charge in [0.05, 0.1) is 0 Å². The van der Waals surface area contributed by atoms with E-state index in [4.69, 9.17) is 0 Å². The molecule has 0 bridgehead atoms. The first-order valence-corrected chi connectivity index (χ1v) is 7.32. The second kappa shape index (κ2) is 6.17. The van der Waals surface area contributed by atoms with Gasteiger partial charge in [0, 0.05) is 12.1 Å². The van der Waals surface area contributed by atoms with Crippen molar-refractivity contribution in [2.45, 2.75) is 44.1 Å². The van der Waals surface area contributed by atoms with Gasteiger partial charge < -0.3 is 15.5 Å². The molecule has 0 aromatic rings. The summed E-state index contributed by atoms with van der Waals surface area (Å²) in [5.41, 5.74) is 0.447. The predicted octanol–water partition coefficient (Wildman–Crippen LogP) is 1.45. The Balaban J connectivity index is 1.72. The highest BCUT2D eigenvalue weighted by molar-refractivity contribution is 4.94. The van der Waals surface area contributed by atoms with E-state index >= 15 is 0 Å². The summed E-state index contributed by atoms with van der Waals surface area (Å²) in [4.78, 5) is 2.45. The monoisotopic (exact) mass is 239 g/mol. The van der Waals surface area contributed by atoms with Gasteiger partial charge in [0.15, 0.2) is 0 Å². The van der Waals surface area contributed by atoms with Crippen molar-refractivity contribution in [3.05, 3.63) is 0 Å². The molecule has 2 fully saturated rings. The van der Waals surface area contributed by atoms with Gasteiger partial charge in [0.1, 0.15) is 0 Å². The number of nitrogens with one attached hydrogen (secondary N) is 2. The Labute approximate surface area is 106 Å². The molecule has 0 aromatic carbocycles. The van der Waals surface area contributed by atoms with Crippen molar-refractivity contribution < 1.29 is 0 Å². The van der Waals surface area contributed by atoms with E-state index in [1.165, 1.54) is 64.7 Å². The number of hydrogen-bond acceptors (Lipinski definition) is 3. The Hall–Kier alpha value is -0.120. The molecule has 1 unspecified atom stereocenters. The third-order valence-electron chi connectivity index (χ3n) is 4.77. The van der Waals surface area contributed by atoms with Crippen LogP contribution in [0.3, 0.4) is 0 Å². The van der Waals surface area contributed by atoms with Crippen LogP contribution < -0.4 is 10.6 Å². The molecule has 0 amide bonds. The van der Waals surface area contributed by atoms with Crippen LogP contribution in [0.5, 0.6) is 0 Å². The first-order valence-electron chi connectivity index (χ1n) is 7.32. The Kier molecular flexibility index (Phi) is 4.83. The van der Waals surface area contributed by atoms with Crippen LogP contribution in [-0.2, 0) is 0 Å². The molecule has 1 aliphatic carbocycles. The molecule has 1 atom stereocenters. The molecule has 1 aliphatic heterocycles. The first-order chi connectivity index (χ1) is 8.23. The van der Waals surface area contributed by atoms with E-state index < -0.39 is 0 Å². The van der Waals surface area contributed by atoms with Gasteiger partial charge in [0.2, 0.25) is 0 Å².